The van der Waals surface area contributed by atoms with Gasteiger partial charge in [-0.15, -0.1) is 0 Å². The minimum absolute atomic E-state index is 0.0163. The number of nitrogens with one attached hydrogen (secondary N) is 1. The van der Waals surface area contributed by atoms with Crippen LogP contribution in [0.5, 0.6) is 5.75 Å². The number of halogens is 1. The lowest BCUT2D eigenvalue weighted by Gasteiger charge is -2.35. The van der Waals surface area contributed by atoms with Gasteiger partial charge in [-0.1, -0.05) is 19.3 Å². The average Bonchev–Trinajstić information content (AvgIpc) is 2.53. The van der Waals surface area contributed by atoms with Crippen LogP contribution in [-0.2, 0) is 0 Å². The molecule has 0 bridgehead atoms. The topological polar surface area (TPSA) is 38.3 Å². The van der Waals surface area contributed by atoms with E-state index in [1.54, 1.807) is 19.2 Å². The molecule has 2 rings (SSSR count). The van der Waals surface area contributed by atoms with Gasteiger partial charge in [0.15, 0.2) is 0 Å². The van der Waals surface area contributed by atoms with Crippen molar-refractivity contribution >= 4 is 33.6 Å². The second kappa shape index (κ2) is 7.54. The lowest BCUT2D eigenvalue weighted by atomic mass is 9.88. The van der Waals surface area contributed by atoms with E-state index in [1.165, 1.54) is 32.1 Å². The molecule has 1 saturated carbocycles. The van der Waals surface area contributed by atoms with E-state index in [2.05, 4.69) is 27.5 Å². The van der Waals surface area contributed by atoms with Crippen LogP contribution >= 0.6 is 27.7 Å². The molecule has 1 fully saturated rings. The second-order valence-corrected chi connectivity index (χ2v) is 7.61. The Morgan fingerprint density at radius 2 is 2.10 bits per heavy atom. The Labute approximate surface area is 139 Å². The van der Waals surface area contributed by atoms with Crippen molar-refractivity contribution in [1.82, 2.24) is 5.32 Å². The number of ether oxygens (including phenoxy) is 1. The fraction of sp³-hybridized carbons (Fsp3) is 0.562. The normalized spacial score (nSPS) is 17.3. The minimum Gasteiger partial charge on any atom is -0.496 e. The van der Waals surface area contributed by atoms with Gasteiger partial charge >= 0.3 is 0 Å². The summed E-state index contributed by atoms with van der Waals surface area (Å²) in [6.07, 6.45) is 8.40. The van der Waals surface area contributed by atoms with E-state index < -0.39 is 0 Å². The van der Waals surface area contributed by atoms with Crippen LogP contribution in [0.15, 0.2) is 22.7 Å². The molecule has 116 valence electrons. The molecule has 1 aliphatic rings. The van der Waals surface area contributed by atoms with Gasteiger partial charge < -0.3 is 10.1 Å². The number of hydrogen-bond acceptors (Lipinski definition) is 3. The standard InChI is InChI=1S/C16H22BrNO2S/c1-20-14-7-6-12(10-13(14)17)15(19)18-11-16(21-2)8-4-3-5-9-16/h6-7,10H,3-5,8-9,11H2,1-2H3,(H,18,19). The fourth-order valence-corrected chi connectivity index (χ4v) is 4.25. The van der Waals surface area contributed by atoms with Gasteiger partial charge in [-0.05, 0) is 53.2 Å². The summed E-state index contributed by atoms with van der Waals surface area (Å²) >= 11 is 5.31. The molecule has 0 aliphatic heterocycles. The number of amides is 1. The first-order valence-electron chi connectivity index (χ1n) is 7.27. The molecule has 1 aliphatic carbocycles. The van der Waals surface area contributed by atoms with Gasteiger partial charge in [-0.2, -0.15) is 11.8 Å². The molecule has 0 aromatic heterocycles. The van der Waals surface area contributed by atoms with Crippen LogP contribution in [0, 0.1) is 0 Å². The predicted molar refractivity (Wildman–Crippen MR) is 92.4 cm³/mol. The van der Waals surface area contributed by atoms with Gasteiger partial charge in [0, 0.05) is 16.9 Å². The lowest BCUT2D eigenvalue weighted by molar-refractivity contribution is 0.0947. The molecule has 1 aromatic rings. The summed E-state index contributed by atoms with van der Waals surface area (Å²) in [4.78, 5) is 12.3. The summed E-state index contributed by atoms with van der Waals surface area (Å²) in [5.41, 5.74) is 0.662. The van der Waals surface area contributed by atoms with E-state index in [1.807, 2.05) is 17.8 Å². The molecule has 5 heteroatoms. The number of thioether (sulfide) groups is 1. The summed E-state index contributed by atoms with van der Waals surface area (Å²) < 4.78 is 6.21. The van der Waals surface area contributed by atoms with Crippen molar-refractivity contribution in [3.8, 4) is 5.75 Å². The number of benzene rings is 1. The maximum absolute atomic E-state index is 12.3. The molecule has 21 heavy (non-hydrogen) atoms. The number of rotatable bonds is 5. The first kappa shape index (κ1) is 16.7. The predicted octanol–water partition coefficient (Wildman–Crippen LogP) is 4.25. The highest BCUT2D eigenvalue weighted by atomic mass is 79.9. The molecule has 0 saturated heterocycles. The number of carbonyl (C=O) groups is 1. The summed E-state index contributed by atoms with van der Waals surface area (Å²) in [6.45, 7) is 0.747. The van der Waals surface area contributed by atoms with Crippen LogP contribution in [0.2, 0.25) is 0 Å². The van der Waals surface area contributed by atoms with Crippen LogP contribution in [0.3, 0.4) is 0 Å². The molecule has 0 radical (unpaired) electrons. The van der Waals surface area contributed by atoms with Crippen LogP contribution < -0.4 is 10.1 Å². The molecule has 0 unspecified atom stereocenters. The molecule has 0 spiro atoms. The minimum atomic E-state index is -0.0163. The molecule has 1 amide bonds. The van der Waals surface area contributed by atoms with E-state index in [-0.39, 0.29) is 10.7 Å². The maximum atomic E-state index is 12.3. The second-order valence-electron chi connectivity index (χ2n) is 5.48. The average molecular weight is 372 g/mol. The van der Waals surface area contributed by atoms with Gasteiger partial charge in [0.25, 0.3) is 5.91 Å². The Morgan fingerprint density at radius 1 is 1.38 bits per heavy atom. The van der Waals surface area contributed by atoms with Gasteiger partial charge in [0.1, 0.15) is 5.75 Å². The number of carbonyl (C=O) groups excluding carboxylic acids is 1. The number of methoxy groups -OCH3 is 1. The summed E-state index contributed by atoms with van der Waals surface area (Å²) in [6, 6.07) is 5.41. The zero-order valence-electron chi connectivity index (χ0n) is 12.6. The van der Waals surface area contributed by atoms with Crippen molar-refractivity contribution in [2.45, 2.75) is 36.9 Å². The Kier molecular flexibility index (Phi) is 5.99. The van der Waals surface area contributed by atoms with E-state index in [9.17, 15) is 4.79 Å². The Balaban J connectivity index is 1.99. The van der Waals surface area contributed by atoms with Crippen molar-refractivity contribution in [3.05, 3.63) is 28.2 Å². The molecular formula is C16H22BrNO2S. The summed E-state index contributed by atoms with van der Waals surface area (Å²) in [7, 11) is 1.62. The van der Waals surface area contributed by atoms with Gasteiger partial charge in [-0.25, -0.2) is 0 Å². The van der Waals surface area contributed by atoms with Crippen LogP contribution in [0.1, 0.15) is 42.5 Å². The van der Waals surface area contributed by atoms with E-state index in [0.29, 0.717) is 5.56 Å². The summed E-state index contributed by atoms with van der Waals surface area (Å²) in [5, 5.41) is 3.10. The molecule has 0 atom stereocenters. The molecule has 3 nitrogen and oxygen atoms in total. The van der Waals surface area contributed by atoms with Gasteiger partial charge in [-0.3, -0.25) is 4.79 Å². The van der Waals surface area contributed by atoms with Crippen LogP contribution in [-0.4, -0.2) is 30.6 Å². The third kappa shape index (κ3) is 4.16. The highest BCUT2D eigenvalue weighted by Crippen LogP contribution is 2.38. The van der Waals surface area contributed by atoms with E-state index >= 15 is 0 Å². The zero-order valence-corrected chi connectivity index (χ0v) is 15.0. The smallest absolute Gasteiger partial charge is 0.251 e. The third-order valence-electron chi connectivity index (χ3n) is 4.18. The maximum Gasteiger partial charge on any atom is 0.251 e. The van der Waals surface area contributed by atoms with Gasteiger partial charge in [0.05, 0.1) is 11.6 Å². The fourth-order valence-electron chi connectivity index (χ4n) is 2.80. The zero-order chi connectivity index (χ0) is 15.3. The van der Waals surface area contributed by atoms with Crippen LogP contribution in [0.25, 0.3) is 0 Å². The largest absolute Gasteiger partial charge is 0.496 e. The monoisotopic (exact) mass is 371 g/mol. The van der Waals surface area contributed by atoms with E-state index in [4.69, 9.17) is 4.74 Å². The van der Waals surface area contributed by atoms with Gasteiger partial charge in [0.2, 0.25) is 0 Å². The van der Waals surface area contributed by atoms with Crippen molar-refractivity contribution in [2.24, 2.45) is 0 Å². The van der Waals surface area contributed by atoms with Crippen molar-refractivity contribution in [1.29, 1.82) is 0 Å². The molecule has 0 heterocycles. The van der Waals surface area contributed by atoms with Crippen molar-refractivity contribution in [2.75, 3.05) is 19.9 Å². The highest BCUT2D eigenvalue weighted by Gasteiger charge is 2.31. The highest BCUT2D eigenvalue weighted by molar-refractivity contribution is 9.10. The third-order valence-corrected chi connectivity index (χ3v) is 6.22. The van der Waals surface area contributed by atoms with Crippen molar-refractivity contribution < 1.29 is 9.53 Å². The first-order valence-corrected chi connectivity index (χ1v) is 9.29. The Morgan fingerprint density at radius 3 is 2.67 bits per heavy atom. The number of hydrogen-bond donors (Lipinski definition) is 1. The Bertz CT molecular complexity index is 501. The van der Waals surface area contributed by atoms with Crippen LogP contribution in [0.4, 0.5) is 0 Å². The molecule has 1 N–H and O–H groups in total. The lowest BCUT2D eigenvalue weighted by Crippen LogP contribution is -2.41. The molecule has 1 aromatic carbocycles. The quantitative estimate of drug-likeness (QED) is 0.840. The van der Waals surface area contributed by atoms with Crippen molar-refractivity contribution in [3.63, 3.8) is 0 Å². The summed E-state index contributed by atoms with van der Waals surface area (Å²) in [5.74, 6) is 0.719. The SMILES string of the molecule is COc1ccc(C(=O)NCC2(SC)CCCCC2)cc1Br. The first-order chi connectivity index (χ1) is 10.1. The van der Waals surface area contributed by atoms with E-state index in [0.717, 1.165) is 16.8 Å². The Hall–Kier alpha value is -0.680. The molecular weight excluding hydrogens is 350 g/mol.